The minimum atomic E-state index is -0.501. The lowest BCUT2D eigenvalue weighted by atomic mass is 10.1. The van der Waals surface area contributed by atoms with E-state index >= 15 is 0 Å². The van der Waals surface area contributed by atoms with E-state index in [0.29, 0.717) is 23.6 Å². The summed E-state index contributed by atoms with van der Waals surface area (Å²) in [5, 5.41) is 2.86. The number of ether oxygens (including phenoxy) is 1. The number of aromatic nitrogens is 2. The van der Waals surface area contributed by atoms with Crippen molar-refractivity contribution in [2.45, 2.75) is 13.5 Å². The van der Waals surface area contributed by atoms with Crippen LogP contribution in [0.25, 0.3) is 11.1 Å². The molecule has 1 N–H and O–H groups in total. The molecule has 2 aromatic carbocycles. The molecule has 0 radical (unpaired) electrons. The summed E-state index contributed by atoms with van der Waals surface area (Å²) in [6, 6.07) is 15.7. The van der Waals surface area contributed by atoms with E-state index < -0.39 is 11.9 Å². The molecule has 0 spiro atoms. The SMILES string of the molecule is COC(=O)c1ccc(NC(=O)c2c(C)oc3ncn(Cc4ccccc4)c(=O)c23)cc1. The normalized spacial score (nSPS) is 10.8. The molecule has 0 fully saturated rings. The molecule has 1 amide bonds. The van der Waals surface area contributed by atoms with Crippen molar-refractivity contribution in [3.05, 3.63) is 93.7 Å². The van der Waals surface area contributed by atoms with Gasteiger partial charge in [0.1, 0.15) is 17.5 Å². The maximum Gasteiger partial charge on any atom is 0.337 e. The first-order chi connectivity index (χ1) is 15.0. The third kappa shape index (κ3) is 3.95. The number of benzene rings is 2. The van der Waals surface area contributed by atoms with E-state index in [1.807, 2.05) is 30.3 Å². The van der Waals surface area contributed by atoms with Crippen LogP contribution in [-0.4, -0.2) is 28.5 Å². The van der Waals surface area contributed by atoms with Crippen LogP contribution < -0.4 is 10.9 Å². The van der Waals surface area contributed by atoms with Crippen molar-refractivity contribution < 1.29 is 18.7 Å². The van der Waals surface area contributed by atoms with E-state index in [2.05, 4.69) is 15.0 Å². The number of hydrogen-bond acceptors (Lipinski definition) is 6. The number of amides is 1. The zero-order valence-electron chi connectivity index (χ0n) is 16.9. The highest BCUT2D eigenvalue weighted by atomic mass is 16.5. The zero-order chi connectivity index (χ0) is 22.0. The van der Waals surface area contributed by atoms with E-state index in [1.54, 1.807) is 19.1 Å². The first kappa shape index (κ1) is 20.1. The topological polar surface area (TPSA) is 103 Å². The Morgan fingerprint density at radius 2 is 1.81 bits per heavy atom. The number of aryl methyl sites for hydroxylation is 1. The highest BCUT2D eigenvalue weighted by molar-refractivity contribution is 6.12. The Bertz CT molecular complexity index is 1320. The quantitative estimate of drug-likeness (QED) is 0.499. The highest BCUT2D eigenvalue weighted by Gasteiger charge is 2.23. The number of carbonyl (C=O) groups excluding carboxylic acids is 2. The van der Waals surface area contributed by atoms with Gasteiger partial charge in [-0.1, -0.05) is 30.3 Å². The fourth-order valence-corrected chi connectivity index (χ4v) is 3.30. The van der Waals surface area contributed by atoms with Crippen LogP contribution in [0.15, 0.2) is 70.1 Å². The van der Waals surface area contributed by atoms with Crippen LogP contribution in [0.3, 0.4) is 0 Å². The monoisotopic (exact) mass is 417 g/mol. The zero-order valence-corrected chi connectivity index (χ0v) is 16.9. The van der Waals surface area contributed by atoms with Gasteiger partial charge in [-0.2, -0.15) is 0 Å². The van der Waals surface area contributed by atoms with Gasteiger partial charge in [-0.3, -0.25) is 14.2 Å². The van der Waals surface area contributed by atoms with Crippen molar-refractivity contribution in [3.63, 3.8) is 0 Å². The van der Waals surface area contributed by atoms with Gasteiger partial charge in [0.05, 0.1) is 24.8 Å². The lowest BCUT2D eigenvalue weighted by Gasteiger charge is -2.07. The Hall–Kier alpha value is -4.20. The molecule has 0 unspecified atom stereocenters. The van der Waals surface area contributed by atoms with Crippen molar-refractivity contribution >= 4 is 28.7 Å². The summed E-state index contributed by atoms with van der Waals surface area (Å²) in [5.41, 5.74) is 1.63. The summed E-state index contributed by atoms with van der Waals surface area (Å²) in [6.45, 7) is 1.93. The number of rotatable bonds is 5. The third-order valence-electron chi connectivity index (χ3n) is 4.84. The number of nitrogens with zero attached hydrogens (tertiary/aromatic N) is 2. The lowest BCUT2D eigenvalue weighted by Crippen LogP contribution is -2.23. The molecular formula is C23H19N3O5. The van der Waals surface area contributed by atoms with E-state index in [-0.39, 0.29) is 22.2 Å². The molecule has 0 saturated heterocycles. The predicted octanol–water partition coefficient (Wildman–Crippen LogP) is 3.39. The second kappa shape index (κ2) is 8.27. The van der Waals surface area contributed by atoms with Crippen LogP contribution in [0.1, 0.15) is 32.0 Å². The standard InChI is InChI=1S/C23H19N3O5/c1-14-18(20(27)25-17-10-8-16(9-11-17)23(29)30-2)19-21(31-14)24-13-26(22(19)28)12-15-6-4-3-5-7-15/h3-11,13H,12H2,1-2H3,(H,25,27). The molecule has 0 aliphatic heterocycles. The molecule has 0 bridgehead atoms. The number of methoxy groups -OCH3 is 1. The maximum atomic E-state index is 13.1. The van der Waals surface area contributed by atoms with E-state index in [0.717, 1.165) is 5.56 Å². The molecule has 0 aliphatic carbocycles. The van der Waals surface area contributed by atoms with Gasteiger partial charge in [-0.05, 0) is 36.8 Å². The van der Waals surface area contributed by atoms with Crippen LogP contribution in [0.2, 0.25) is 0 Å². The first-order valence-electron chi connectivity index (χ1n) is 9.50. The van der Waals surface area contributed by atoms with E-state index in [4.69, 9.17) is 4.42 Å². The Kier molecular flexibility index (Phi) is 5.36. The van der Waals surface area contributed by atoms with Crippen molar-refractivity contribution in [1.29, 1.82) is 0 Å². The Balaban J connectivity index is 1.67. The van der Waals surface area contributed by atoms with Gasteiger partial charge < -0.3 is 14.5 Å². The van der Waals surface area contributed by atoms with Crippen molar-refractivity contribution in [3.8, 4) is 0 Å². The van der Waals surface area contributed by atoms with Crippen LogP contribution >= 0.6 is 0 Å². The van der Waals surface area contributed by atoms with Gasteiger partial charge in [-0.15, -0.1) is 0 Å². The molecule has 8 heteroatoms. The van der Waals surface area contributed by atoms with E-state index in [1.165, 1.54) is 30.1 Å². The maximum absolute atomic E-state index is 13.1. The number of hydrogen-bond donors (Lipinski definition) is 1. The van der Waals surface area contributed by atoms with Crippen LogP contribution in [-0.2, 0) is 11.3 Å². The molecule has 4 rings (SSSR count). The third-order valence-corrected chi connectivity index (χ3v) is 4.84. The average molecular weight is 417 g/mol. The number of anilines is 1. The van der Waals surface area contributed by atoms with Gasteiger partial charge in [0.25, 0.3) is 11.5 Å². The van der Waals surface area contributed by atoms with Crippen molar-refractivity contribution in [2.24, 2.45) is 0 Å². The second-order valence-corrected chi connectivity index (χ2v) is 6.90. The molecule has 0 atom stereocenters. The number of fused-ring (bicyclic) bond motifs is 1. The largest absolute Gasteiger partial charge is 0.465 e. The average Bonchev–Trinajstić information content (AvgIpc) is 3.13. The smallest absolute Gasteiger partial charge is 0.337 e. The molecular weight excluding hydrogens is 398 g/mol. The van der Waals surface area contributed by atoms with Gasteiger partial charge >= 0.3 is 5.97 Å². The summed E-state index contributed by atoms with van der Waals surface area (Å²) in [5.74, 6) is -0.682. The van der Waals surface area contributed by atoms with Crippen molar-refractivity contribution in [2.75, 3.05) is 12.4 Å². The number of nitrogens with one attached hydrogen (secondary N) is 1. The molecule has 0 saturated carbocycles. The van der Waals surface area contributed by atoms with Crippen LogP contribution in [0.5, 0.6) is 0 Å². The number of furan rings is 1. The first-order valence-corrected chi connectivity index (χ1v) is 9.50. The molecule has 4 aromatic rings. The summed E-state index contributed by atoms with van der Waals surface area (Å²) in [6.07, 6.45) is 1.41. The molecule has 2 heterocycles. The van der Waals surface area contributed by atoms with Gasteiger partial charge in [0, 0.05) is 5.69 Å². The fraction of sp³-hybridized carbons (Fsp3) is 0.130. The Morgan fingerprint density at radius 1 is 1.10 bits per heavy atom. The molecule has 2 aromatic heterocycles. The van der Waals surface area contributed by atoms with E-state index in [9.17, 15) is 14.4 Å². The van der Waals surface area contributed by atoms with Crippen LogP contribution in [0.4, 0.5) is 5.69 Å². The predicted molar refractivity (Wildman–Crippen MR) is 114 cm³/mol. The molecule has 31 heavy (non-hydrogen) atoms. The van der Waals surface area contributed by atoms with Crippen molar-refractivity contribution in [1.82, 2.24) is 9.55 Å². The molecule has 0 aliphatic rings. The molecule has 8 nitrogen and oxygen atoms in total. The Morgan fingerprint density at radius 3 is 2.48 bits per heavy atom. The number of carbonyl (C=O) groups is 2. The summed E-state index contributed by atoms with van der Waals surface area (Å²) in [7, 11) is 1.30. The van der Waals surface area contributed by atoms with Crippen LogP contribution in [0, 0.1) is 6.92 Å². The minimum absolute atomic E-state index is 0.109. The Labute approximate surface area is 177 Å². The molecule has 156 valence electrons. The fourth-order valence-electron chi connectivity index (χ4n) is 3.30. The van der Waals surface area contributed by atoms with Gasteiger partial charge in [-0.25, -0.2) is 9.78 Å². The highest BCUT2D eigenvalue weighted by Crippen LogP contribution is 2.22. The van der Waals surface area contributed by atoms with Gasteiger partial charge in [0.2, 0.25) is 5.71 Å². The lowest BCUT2D eigenvalue weighted by molar-refractivity contribution is 0.0600. The minimum Gasteiger partial charge on any atom is -0.465 e. The number of esters is 1. The van der Waals surface area contributed by atoms with Gasteiger partial charge in [0.15, 0.2) is 0 Å². The second-order valence-electron chi connectivity index (χ2n) is 6.90. The summed E-state index contributed by atoms with van der Waals surface area (Å²) >= 11 is 0. The summed E-state index contributed by atoms with van der Waals surface area (Å²) in [4.78, 5) is 41.8. The summed E-state index contributed by atoms with van der Waals surface area (Å²) < 4.78 is 11.7.